The number of nitrogens with zero attached hydrogens (tertiary/aromatic N) is 5. The standard InChI is InChI=1S/C22H21FN6O2/c23-16-5-1-4-15(12-16)13-28-19-7-2-9-24-20(19)29(22(28)31)17-6-3-11-27(14-17)21(30)18-8-10-25-26-18/h1-2,4-5,7-10,12,17H,3,6,11,13-14H2,(H,25,26)/t17-/m0/s1. The second kappa shape index (κ2) is 7.82. The summed E-state index contributed by atoms with van der Waals surface area (Å²) in [7, 11) is 0. The van der Waals surface area contributed by atoms with Gasteiger partial charge in [-0.2, -0.15) is 5.10 Å². The first-order chi connectivity index (χ1) is 15.1. The van der Waals surface area contributed by atoms with E-state index in [0.29, 0.717) is 35.5 Å². The Morgan fingerprint density at radius 3 is 2.90 bits per heavy atom. The summed E-state index contributed by atoms with van der Waals surface area (Å²) < 4.78 is 17.0. The molecule has 1 fully saturated rings. The predicted molar refractivity (Wildman–Crippen MR) is 112 cm³/mol. The van der Waals surface area contributed by atoms with Crippen molar-refractivity contribution in [3.63, 3.8) is 0 Å². The second-order valence-electron chi connectivity index (χ2n) is 7.73. The lowest BCUT2D eigenvalue weighted by Gasteiger charge is -2.32. The molecule has 31 heavy (non-hydrogen) atoms. The first kappa shape index (κ1) is 19.2. The van der Waals surface area contributed by atoms with Gasteiger partial charge in [0, 0.05) is 25.5 Å². The van der Waals surface area contributed by atoms with E-state index in [9.17, 15) is 14.0 Å². The number of aromatic nitrogens is 5. The highest BCUT2D eigenvalue weighted by Gasteiger charge is 2.29. The monoisotopic (exact) mass is 420 g/mol. The van der Waals surface area contributed by atoms with Gasteiger partial charge in [0.25, 0.3) is 5.91 Å². The summed E-state index contributed by atoms with van der Waals surface area (Å²) in [6, 6.07) is 11.3. The van der Waals surface area contributed by atoms with Gasteiger partial charge in [0.05, 0.1) is 18.1 Å². The molecule has 1 aliphatic rings. The molecule has 8 nitrogen and oxygen atoms in total. The fourth-order valence-corrected chi connectivity index (χ4v) is 4.30. The number of benzene rings is 1. The summed E-state index contributed by atoms with van der Waals surface area (Å²) in [5.74, 6) is -0.473. The van der Waals surface area contributed by atoms with Crippen LogP contribution in [0.25, 0.3) is 11.2 Å². The Kier molecular flexibility index (Phi) is 4.85. The summed E-state index contributed by atoms with van der Waals surface area (Å²) in [6.07, 6.45) is 4.74. The van der Waals surface area contributed by atoms with E-state index in [4.69, 9.17) is 0 Å². The minimum absolute atomic E-state index is 0.133. The zero-order chi connectivity index (χ0) is 21.4. The summed E-state index contributed by atoms with van der Waals surface area (Å²) in [5, 5.41) is 6.56. The van der Waals surface area contributed by atoms with Crippen molar-refractivity contribution in [1.82, 2.24) is 29.2 Å². The molecular formula is C22H21FN6O2. The average Bonchev–Trinajstić information content (AvgIpc) is 3.41. The zero-order valence-corrected chi connectivity index (χ0v) is 16.7. The van der Waals surface area contributed by atoms with Crippen LogP contribution in [0.2, 0.25) is 0 Å². The van der Waals surface area contributed by atoms with Gasteiger partial charge in [0.2, 0.25) is 0 Å². The minimum Gasteiger partial charge on any atom is -0.335 e. The number of fused-ring (bicyclic) bond motifs is 1. The molecule has 0 saturated carbocycles. The minimum atomic E-state index is -0.340. The number of rotatable bonds is 4. The number of H-pyrrole nitrogens is 1. The number of carbonyl (C=O) groups is 1. The third-order valence-corrected chi connectivity index (χ3v) is 5.73. The lowest BCUT2D eigenvalue weighted by molar-refractivity contribution is 0.0673. The highest BCUT2D eigenvalue weighted by atomic mass is 19.1. The molecule has 5 rings (SSSR count). The maximum Gasteiger partial charge on any atom is 0.330 e. The summed E-state index contributed by atoms with van der Waals surface area (Å²) >= 11 is 0. The molecular weight excluding hydrogens is 399 g/mol. The number of nitrogens with one attached hydrogen (secondary N) is 1. The number of carbonyl (C=O) groups excluding carboxylic acids is 1. The Hall–Kier alpha value is -3.75. The van der Waals surface area contributed by atoms with Crippen LogP contribution in [0, 0.1) is 5.82 Å². The van der Waals surface area contributed by atoms with Crippen LogP contribution in [-0.2, 0) is 6.54 Å². The molecule has 1 atom stereocenters. The molecule has 1 amide bonds. The van der Waals surface area contributed by atoms with Gasteiger partial charge in [-0.05, 0) is 48.7 Å². The van der Waals surface area contributed by atoms with Crippen molar-refractivity contribution in [1.29, 1.82) is 0 Å². The fourth-order valence-electron chi connectivity index (χ4n) is 4.30. The first-order valence-electron chi connectivity index (χ1n) is 10.2. The van der Waals surface area contributed by atoms with E-state index in [2.05, 4.69) is 15.2 Å². The van der Waals surface area contributed by atoms with Gasteiger partial charge in [-0.15, -0.1) is 0 Å². The Labute approximate surface area is 176 Å². The van der Waals surface area contributed by atoms with E-state index in [1.54, 1.807) is 50.7 Å². The number of pyridine rings is 1. The van der Waals surface area contributed by atoms with Crippen molar-refractivity contribution in [2.75, 3.05) is 13.1 Å². The van der Waals surface area contributed by atoms with Crippen LogP contribution >= 0.6 is 0 Å². The van der Waals surface area contributed by atoms with E-state index in [1.807, 2.05) is 6.07 Å². The van der Waals surface area contributed by atoms with E-state index in [-0.39, 0.29) is 30.0 Å². The zero-order valence-electron chi connectivity index (χ0n) is 16.7. The van der Waals surface area contributed by atoms with Crippen LogP contribution < -0.4 is 5.69 Å². The van der Waals surface area contributed by atoms with Gasteiger partial charge in [-0.25, -0.2) is 14.2 Å². The number of aromatic amines is 1. The van der Waals surface area contributed by atoms with E-state index >= 15 is 0 Å². The third kappa shape index (κ3) is 3.52. The lowest BCUT2D eigenvalue weighted by Crippen LogP contribution is -2.43. The highest BCUT2D eigenvalue weighted by molar-refractivity contribution is 5.92. The van der Waals surface area contributed by atoms with E-state index < -0.39 is 0 Å². The number of hydrogen-bond acceptors (Lipinski definition) is 4. The van der Waals surface area contributed by atoms with Crippen LogP contribution in [0.5, 0.6) is 0 Å². The molecule has 3 aromatic heterocycles. The van der Waals surface area contributed by atoms with Crippen molar-refractivity contribution in [3.8, 4) is 0 Å². The number of piperidine rings is 1. The van der Waals surface area contributed by atoms with Crippen LogP contribution in [0.4, 0.5) is 4.39 Å². The van der Waals surface area contributed by atoms with Gasteiger partial charge in [0.15, 0.2) is 5.65 Å². The SMILES string of the molecule is O=C(c1ccn[nH]1)N1CCC[C@H](n2c(=O)n(Cc3cccc(F)c3)c3cccnc32)C1. The molecule has 0 bridgehead atoms. The molecule has 0 radical (unpaired) electrons. The van der Waals surface area contributed by atoms with E-state index in [1.165, 1.54) is 12.1 Å². The van der Waals surface area contributed by atoms with Crippen LogP contribution in [-0.4, -0.2) is 48.2 Å². The summed E-state index contributed by atoms with van der Waals surface area (Å²) in [5.41, 5.74) is 2.18. The predicted octanol–water partition coefficient (Wildman–Crippen LogP) is 2.59. The van der Waals surface area contributed by atoms with Gasteiger partial charge in [0.1, 0.15) is 11.5 Å². The number of imidazole rings is 1. The molecule has 0 unspecified atom stereocenters. The van der Waals surface area contributed by atoms with Crippen molar-refractivity contribution in [2.24, 2.45) is 0 Å². The first-order valence-corrected chi connectivity index (χ1v) is 10.2. The Morgan fingerprint density at radius 1 is 1.19 bits per heavy atom. The number of hydrogen-bond donors (Lipinski definition) is 1. The smallest absolute Gasteiger partial charge is 0.330 e. The summed E-state index contributed by atoms with van der Waals surface area (Å²) in [6.45, 7) is 1.28. The van der Waals surface area contributed by atoms with Gasteiger partial charge < -0.3 is 4.90 Å². The largest absolute Gasteiger partial charge is 0.335 e. The van der Waals surface area contributed by atoms with Crippen LogP contribution in [0.3, 0.4) is 0 Å². The Morgan fingerprint density at radius 2 is 2.10 bits per heavy atom. The number of likely N-dealkylation sites (tertiary alicyclic amines) is 1. The fraction of sp³-hybridized carbons (Fsp3) is 0.273. The normalized spacial score (nSPS) is 16.7. The maximum absolute atomic E-state index is 13.7. The molecule has 1 saturated heterocycles. The maximum atomic E-state index is 13.7. The van der Waals surface area contributed by atoms with Gasteiger partial charge >= 0.3 is 5.69 Å². The molecule has 4 heterocycles. The molecule has 0 aliphatic carbocycles. The van der Waals surface area contributed by atoms with Crippen LogP contribution in [0.15, 0.2) is 59.7 Å². The van der Waals surface area contributed by atoms with Crippen LogP contribution in [0.1, 0.15) is 34.9 Å². The number of amides is 1. The topological polar surface area (TPSA) is 88.8 Å². The van der Waals surface area contributed by atoms with Crippen molar-refractivity contribution < 1.29 is 9.18 Å². The Bertz CT molecular complexity index is 1290. The quantitative estimate of drug-likeness (QED) is 0.550. The third-order valence-electron chi connectivity index (χ3n) is 5.73. The van der Waals surface area contributed by atoms with Crippen molar-refractivity contribution >= 4 is 17.1 Å². The Balaban J connectivity index is 1.52. The average molecular weight is 420 g/mol. The second-order valence-corrected chi connectivity index (χ2v) is 7.73. The van der Waals surface area contributed by atoms with Gasteiger partial charge in [-0.3, -0.25) is 19.0 Å². The molecule has 4 aromatic rings. The molecule has 0 spiro atoms. The summed E-state index contributed by atoms with van der Waals surface area (Å²) in [4.78, 5) is 32.4. The number of halogens is 1. The highest BCUT2D eigenvalue weighted by Crippen LogP contribution is 2.25. The van der Waals surface area contributed by atoms with Crippen molar-refractivity contribution in [3.05, 3.63) is 82.4 Å². The van der Waals surface area contributed by atoms with E-state index in [0.717, 1.165) is 12.8 Å². The molecule has 9 heteroatoms. The molecule has 1 aromatic carbocycles. The molecule has 158 valence electrons. The molecule has 1 aliphatic heterocycles. The lowest BCUT2D eigenvalue weighted by atomic mass is 10.1. The van der Waals surface area contributed by atoms with Crippen molar-refractivity contribution in [2.45, 2.75) is 25.4 Å². The molecule has 1 N–H and O–H groups in total. The van der Waals surface area contributed by atoms with Gasteiger partial charge in [-0.1, -0.05) is 12.1 Å².